The lowest BCUT2D eigenvalue weighted by atomic mass is 10.1. The van der Waals surface area contributed by atoms with E-state index < -0.39 is 15.8 Å². The topological polar surface area (TPSA) is 141 Å². The number of nitrogens with zero attached hydrogens (tertiary/aromatic N) is 3. The second kappa shape index (κ2) is 8.16. The van der Waals surface area contributed by atoms with Crippen LogP contribution in [0.2, 0.25) is 0 Å². The first-order chi connectivity index (χ1) is 14.9. The van der Waals surface area contributed by atoms with Gasteiger partial charge in [-0.3, -0.25) is 25.0 Å². The van der Waals surface area contributed by atoms with Crippen LogP contribution in [0.4, 0.5) is 11.4 Å². The summed E-state index contributed by atoms with van der Waals surface area (Å²) in [6.45, 7) is 0. The molecule has 0 unspecified atom stereocenters. The minimum absolute atomic E-state index is 0.0179. The predicted molar refractivity (Wildman–Crippen MR) is 114 cm³/mol. The van der Waals surface area contributed by atoms with Gasteiger partial charge in [-0.15, -0.1) is 11.3 Å². The molecule has 10 nitrogen and oxygen atoms in total. The highest BCUT2D eigenvalue weighted by Gasteiger charge is 2.13. The number of fused-ring (bicyclic) bond motifs is 1. The Hall–Kier alpha value is -4.38. The molecule has 0 bridgehead atoms. The first kappa shape index (κ1) is 19.9. The summed E-state index contributed by atoms with van der Waals surface area (Å²) >= 11 is 1.20. The average Bonchev–Trinajstić information content (AvgIpc) is 3.40. The molecule has 0 aliphatic rings. The number of hydrazone groups is 1. The van der Waals surface area contributed by atoms with E-state index in [1.807, 2.05) is 0 Å². The average molecular weight is 436 g/mol. The lowest BCUT2D eigenvalue weighted by Crippen LogP contribution is -2.15. The van der Waals surface area contributed by atoms with Crippen molar-refractivity contribution in [3.63, 3.8) is 0 Å². The summed E-state index contributed by atoms with van der Waals surface area (Å²) in [5.41, 5.74) is 2.99. The van der Waals surface area contributed by atoms with Crippen molar-refractivity contribution >= 4 is 44.9 Å². The Morgan fingerprint density at radius 1 is 0.968 bits per heavy atom. The maximum Gasteiger partial charge on any atom is 0.281 e. The molecule has 0 atom stereocenters. The van der Waals surface area contributed by atoms with Gasteiger partial charge in [0.2, 0.25) is 0 Å². The van der Waals surface area contributed by atoms with Gasteiger partial charge >= 0.3 is 0 Å². The molecule has 4 rings (SSSR count). The summed E-state index contributed by atoms with van der Waals surface area (Å²) in [5.74, 6) is 0.414. The summed E-state index contributed by atoms with van der Waals surface area (Å²) in [4.78, 5) is 33.3. The third-order valence-electron chi connectivity index (χ3n) is 4.28. The molecule has 4 aromatic rings. The van der Waals surface area contributed by atoms with Gasteiger partial charge < -0.3 is 4.42 Å². The lowest BCUT2D eigenvalue weighted by molar-refractivity contribution is -0.385. The summed E-state index contributed by atoms with van der Waals surface area (Å²) in [6.07, 6.45) is 1.32. The molecular weight excluding hydrogens is 424 g/mol. The van der Waals surface area contributed by atoms with Crippen molar-refractivity contribution in [3.05, 3.63) is 91.5 Å². The second-order valence-corrected chi connectivity index (χ2v) is 7.38. The highest BCUT2D eigenvalue weighted by Crippen LogP contribution is 2.29. The van der Waals surface area contributed by atoms with Crippen molar-refractivity contribution in [2.24, 2.45) is 5.10 Å². The van der Waals surface area contributed by atoms with Gasteiger partial charge in [0.15, 0.2) is 0 Å². The van der Waals surface area contributed by atoms with Crippen molar-refractivity contribution in [1.29, 1.82) is 0 Å². The second-order valence-electron chi connectivity index (χ2n) is 6.30. The van der Waals surface area contributed by atoms with E-state index in [1.165, 1.54) is 41.8 Å². The number of hydrogen-bond acceptors (Lipinski definition) is 8. The molecule has 31 heavy (non-hydrogen) atoms. The quantitative estimate of drug-likeness (QED) is 0.263. The molecule has 0 aliphatic heterocycles. The molecule has 1 amide bonds. The van der Waals surface area contributed by atoms with Crippen molar-refractivity contribution in [2.45, 2.75) is 0 Å². The fourth-order valence-electron chi connectivity index (χ4n) is 2.79. The van der Waals surface area contributed by atoms with Crippen LogP contribution in [-0.2, 0) is 0 Å². The summed E-state index contributed by atoms with van der Waals surface area (Å²) < 4.78 is 6.36. The molecule has 0 aliphatic carbocycles. The number of hydrogen-bond donors (Lipinski definition) is 1. The number of thiophene rings is 1. The van der Waals surface area contributed by atoms with Crippen LogP contribution < -0.4 is 5.43 Å². The van der Waals surface area contributed by atoms with Crippen LogP contribution in [0.3, 0.4) is 0 Å². The minimum atomic E-state index is -0.491. The van der Waals surface area contributed by atoms with Crippen LogP contribution in [0.5, 0.6) is 0 Å². The lowest BCUT2D eigenvalue weighted by Gasteiger charge is -1.96. The van der Waals surface area contributed by atoms with Crippen LogP contribution in [0.25, 0.3) is 21.4 Å². The van der Waals surface area contributed by atoms with E-state index >= 15 is 0 Å². The maximum absolute atomic E-state index is 12.3. The van der Waals surface area contributed by atoms with E-state index in [0.717, 1.165) is 4.70 Å². The summed E-state index contributed by atoms with van der Waals surface area (Å²) in [5, 5.41) is 26.1. The Balaban J connectivity index is 1.43. The Labute approximate surface area is 177 Å². The summed E-state index contributed by atoms with van der Waals surface area (Å²) in [7, 11) is 0. The van der Waals surface area contributed by atoms with E-state index in [-0.39, 0.29) is 11.4 Å². The Morgan fingerprint density at radius 2 is 1.68 bits per heavy atom. The third kappa shape index (κ3) is 4.31. The highest BCUT2D eigenvalue weighted by molar-refractivity contribution is 7.20. The number of non-ortho nitro benzene ring substituents is 2. The van der Waals surface area contributed by atoms with Crippen molar-refractivity contribution in [3.8, 4) is 11.3 Å². The van der Waals surface area contributed by atoms with Crippen molar-refractivity contribution in [1.82, 2.24) is 5.43 Å². The van der Waals surface area contributed by atoms with Crippen LogP contribution in [0.15, 0.2) is 70.2 Å². The van der Waals surface area contributed by atoms with Gasteiger partial charge in [-0.2, -0.15) is 5.10 Å². The van der Waals surface area contributed by atoms with Crippen molar-refractivity contribution in [2.75, 3.05) is 0 Å². The number of carbonyl (C=O) groups is 1. The SMILES string of the molecule is O=C(N/N=C/c1ccc(-c2ccc([N+](=O)[O-])cc2)o1)c1cc2cc([N+](=O)[O-])ccc2s1. The number of nitro benzene ring substituents is 2. The number of nitro groups is 2. The third-order valence-corrected chi connectivity index (χ3v) is 5.40. The zero-order valence-corrected chi connectivity index (χ0v) is 16.4. The number of nitrogens with one attached hydrogen (secondary N) is 1. The van der Waals surface area contributed by atoms with E-state index in [4.69, 9.17) is 4.42 Å². The van der Waals surface area contributed by atoms with E-state index in [0.29, 0.717) is 27.3 Å². The largest absolute Gasteiger partial charge is 0.455 e. The molecule has 154 valence electrons. The first-order valence-electron chi connectivity index (χ1n) is 8.77. The number of rotatable bonds is 6. The number of benzene rings is 2. The van der Waals surface area contributed by atoms with Gasteiger partial charge in [-0.1, -0.05) is 0 Å². The van der Waals surface area contributed by atoms with Gasteiger partial charge in [0.25, 0.3) is 17.3 Å². The molecule has 2 aromatic heterocycles. The standard InChI is InChI=1S/C20H12N4O6S/c25-20(19-10-13-9-15(24(28)29)5-8-18(13)31-19)22-21-11-16-6-7-17(30-16)12-1-3-14(4-2-12)23(26)27/h1-11H,(H,22,25)/b21-11+. The maximum atomic E-state index is 12.3. The predicted octanol–water partition coefficient (Wildman–Crippen LogP) is 4.74. The molecule has 0 saturated carbocycles. The van der Waals surface area contributed by atoms with Crippen molar-refractivity contribution < 1.29 is 19.1 Å². The molecular formula is C20H12N4O6S. The monoisotopic (exact) mass is 436 g/mol. The minimum Gasteiger partial charge on any atom is -0.455 e. The molecule has 1 N–H and O–H groups in total. The Kier molecular flexibility index (Phi) is 5.24. The molecule has 0 saturated heterocycles. The van der Waals surface area contributed by atoms with Crippen LogP contribution in [-0.4, -0.2) is 22.0 Å². The molecule has 2 heterocycles. The van der Waals surface area contributed by atoms with Gasteiger partial charge in [0.05, 0.1) is 20.9 Å². The molecule has 11 heteroatoms. The van der Waals surface area contributed by atoms with E-state index in [2.05, 4.69) is 10.5 Å². The smallest absolute Gasteiger partial charge is 0.281 e. The molecule has 0 spiro atoms. The van der Waals surface area contributed by atoms with E-state index in [9.17, 15) is 25.0 Å². The Morgan fingerprint density at radius 3 is 2.39 bits per heavy atom. The van der Waals surface area contributed by atoms with E-state index in [1.54, 1.807) is 36.4 Å². The Bertz CT molecular complexity index is 1340. The van der Waals surface area contributed by atoms with Crippen LogP contribution >= 0.6 is 11.3 Å². The van der Waals surface area contributed by atoms with Gasteiger partial charge in [-0.25, -0.2) is 5.43 Å². The van der Waals surface area contributed by atoms with Gasteiger partial charge in [0.1, 0.15) is 11.5 Å². The number of amides is 1. The van der Waals surface area contributed by atoms with Crippen LogP contribution in [0, 0.1) is 20.2 Å². The van der Waals surface area contributed by atoms with Gasteiger partial charge in [-0.05, 0) is 36.4 Å². The first-order valence-corrected chi connectivity index (χ1v) is 9.58. The van der Waals surface area contributed by atoms with Gasteiger partial charge in [0, 0.05) is 39.9 Å². The molecule has 2 aromatic carbocycles. The zero-order chi connectivity index (χ0) is 22.0. The molecule has 0 fully saturated rings. The van der Waals surface area contributed by atoms with Crippen LogP contribution in [0.1, 0.15) is 15.4 Å². The number of carbonyl (C=O) groups excluding carboxylic acids is 1. The normalized spacial score (nSPS) is 11.1. The fourth-order valence-corrected chi connectivity index (χ4v) is 3.72. The fraction of sp³-hybridized carbons (Fsp3) is 0. The molecule has 0 radical (unpaired) electrons. The highest BCUT2D eigenvalue weighted by atomic mass is 32.1. The zero-order valence-electron chi connectivity index (χ0n) is 15.6. The summed E-state index contributed by atoms with van der Waals surface area (Å²) in [6, 6.07) is 15.2. The number of furan rings is 1.